The number of aliphatic hydroxyl groups excluding tert-OH is 1. The normalized spacial score (nSPS) is 15.1. The van der Waals surface area contributed by atoms with E-state index in [1.165, 1.54) is 0 Å². The molecule has 0 spiro atoms. The van der Waals surface area contributed by atoms with Crippen molar-refractivity contribution >= 4 is 0 Å². The van der Waals surface area contributed by atoms with Gasteiger partial charge >= 0.3 is 0 Å². The van der Waals surface area contributed by atoms with Gasteiger partial charge in [0.2, 0.25) is 0 Å². The maximum absolute atomic E-state index is 10.1. The van der Waals surface area contributed by atoms with E-state index >= 15 is 0 Å². The topological polar surface area (TPSA) is 42.4 Å². The highest BCUT2D eigenvalue weighted by Gasteiger charge is 2.19. The summed E-state index contributed by atoms with van der Waals surface area (Å²) in [6, 6.07) is 1.83. The van der Waals surface area contributed by atoms with Crippen LogP contribution in [0.25, 0.3) is 0 Å². The van der Waals surface area contributed by atoms with Gasteiger partial charge in [-0.3, -0.25) is 4.98 Å². The van der Waals surface area contributed by atoms with Gasteiger partial charge < -0.3 is 9.84 Å². The van der Waals surface area contributed by atoms with Crippen LogP contribution in [0.5, 0.6) is 5.75 Å². The lowest BCUT2D eigenvalue weighted by molar-refractivity contribution is 0.0915. The molecule has 15 heavy (non-hydrogen) atoms. The lowest BCUT2D eigenvalue weighted by atomic mass is 9.89. The molecule has 0 bridgehead atoms. The van der Waals surface area contributed by atoms with Gasteiger partial charge in [0.1, 0.15) is 5.75 Å². The van der Waals surface area contributed by atoms with Crippen molar-refractivity contribution in [3.63, 3.8) is 0 Å². The van der Waals surface area contributed by atoms with Crippen LogP contribution in [0.1, 0.15) is 32.4 Å². The van der Waals surface area contributed by atoms with Crippen LogP contribution in [-0.4, -0.2) is 17.2 Å². The van der Waals surface area contributed by atoms with Gasteiger partial charge in [0, 0.05) is 11.8 Å². The van der Waals surface area contributed by atoms with Crippen molar-refractivity contribution in [3.8, 4) is 5.75 Å². The Hall–Kier alpha value is -1.09. The van der Waals surface area contributed by atoms with E-state index in [4.69, 9.17) is 4.74 Å². The van der Waals surface area contributed by atoms with Crippen molar-refractivity contribution in [2.45, 2.75) is 26.9 Å². The number of rotatable bonds is 4. The van der Waals surface area contributed by atoms with Crippen LogP contribution in [0.15, 0.2) is 18.5 Å². The number of nitrogens with zero attached hydrogens (tertiary/aromatic N) is 1. The fourth-order valence-electron chi connectivity index (χ4n) is 1.38. The molecule has 0 saturated heterocycles. The highest BCUT2D eigenvalue weighted by molar-refractivity contribution is 5.25. The second-order valence-electron chi connectivity index (χ2n) is 4.21. The second-order valence-corrected chi connectivity index (χ2v) is 4.21. The van der Waals surface area contributed by atoms with E-state index in [0.29, 0.717) is 11.7 Å². The first kappa shape index (κ1) is 12.0. The maximum Gasteiger partial charge on any atom is 0.137 e. The molecule has 3 nitrogen and oxygen atoms in total. The summed E-state index contributed by atoms with van der Waals surface area (Å²) in [5.41, 5.74) is 0.815. The molecule has 1 aromatic heterocycles. The fourth-order valence-corrected chi connectivity index (χ4v) is 1.38. The van der Waals surface area contributed by atoms with Crippen LogP contribution in [0.2, 0.25) is 0 Å². The Bertz CT molecular complexity index is 312. The molecule has 0 fully saturated rings. The summed E-state index contributed by atoms with van der Waals surface area (Å²) in [6.07, 6.45) is 2.84. The molecular formula is C12H19NO2. The van der Waals surface area contributed by atoms with Gasteiger partial charge in [0.25, 0.3) is 0 Å². The molecule has 2 unspecified atom stereocenters. The summed E-state index contributed by atoms with van der Waals surface area (Å²) in [5.74, 6) is 1.33. The zero-order chi connectivity index (χ0) is 11.4. The molecule has 1 rings (SSSR count). The monoisotopic (exact) mass is 209 g/mol. The summed E-state index contributed by atoms with van der Waals surface area (Å²) >= 11 is 0. The van der Waals surface area contributed by atoms with Gasteiger partial charge in [-0.2, -0.15) is 0 Å². The number of aromatic nitrogens is 1. The smallest absolute Gasteiger partial charge is 0.137 e. The minimum Gasteiger partial charge on any atom is -0.495 e. The second kappa shape index (κ2) is 5.12. The third kappa shape index (κ3) is 2.93. The van der Waals surface area contributed by atoms with E-state index in [2.05, 4.69) is 18.8 Å². The van der Waals surface area contributed by atoms with Crippen molar-refractivity contribution in [1.82, 2.24) is 4.98 Å². The van der Waals surface area contributed by atoms with Gasteiger partial charge in [-0.25, -0.2) is 0 Å². The standard InChI is InChI=1S/C12H19NO2/c1-8(2)9(3)12(14)10-5-11(15-4)7-13-6-10/h5-9,12,14H,1-4H3. The Kier molecular flexibility index (Phi) is 4.09. The van der Waals surface area contributed by atoms with E-state index in [-0.39, 0.29) is 5.92 Å². The summed E-state index contributed by atoms with van der Waals surface area (Å²) in [5, 5.41) is 10.1. The zero-order valence-electron chi connectivity index (χ0n) is 9.77. The van der Waals surface area contributed by atoms with Crippen molar-refractivity contribution in [1.29, 1.82) is 0 Å². The van der Waals surface area contributed by atoms with Gasteiger partial charge in [0.15, 0.2) is 0 Å². The van der Waals surface area contributed by atoms with Crippen LogP contribution in [0.3, 0.4) is 0 Å². The first-order valence-corrected chi connectivity index (χ1v) is 5.23. The van der Waals surface area contributed by atoms with Crippen molar-refractivity contribution < 1.29 is 9.84 Å². The van der Waals surface area contributed by atoms with E-state index in [9.17, 15) is 5.11 Å². The number of hydrogen-bond acceptors (Lipinski definition) is 3. The van der Waals surface area contributed by atoms with Gasteiger partial charge in [0.05, 0.1) is 19.4 Å². The molecular weight excluding hydrogens is 190 g/mol. The third-order valence-corrected chi connectivity index (χ3v) is 2.86. The number of methoxy groups -OCH3 is 1. The minimum atomic E-state index is -0.479. The highest BCUT2D eigenvalue weighted by Crippen LogP contribution is 2.28. The Morgan fingerprint density at radius 1 is 1.27 bits per heavy atom. The van der Waals surface area contributed by atoms with Crippen LogP contribution >= 0.6 is 0 Å². The van der Waals surface area contributed by atoms with Crippen molar-refractivity contribution in [3.05, 3.63) is 24.0 Å². The molecule has 3 heteroatoms. The quantitative estimate of drug-likeness (QED) is 0.828. The molecule has 2 atom stereocenters. The number of ether oxygens (including phenoxy) is 1. The predicted octanol–water partition coefficient (Wildman–Crippen LogP) is 2.42. The van der Waals surface area contributed by atoms with Crippen molar-refractivity contribution in [2.24, 2.45) is 11.8 Å². The van der Waals surface area contributed by atoms with Crippen LogP contribution in [0.4, 0.5) is 0 Å². The molecule has 1 N–H and O–H groups in total. The Balaban J connectivity index is 2.85. The van der Waals surface area contributed by atoms with Crippen LogP contribution in [-0.2, 0) is 0 Å². The Morgan fingerprint density at radius 2 is 1.93 bits per heavy atom. The van der Waals surface area contributed by atoms with Crippen LogP contribution in [0, 0.1) is 11.8 Å². The molecule has 0 aromatic carbocycles. The van der Waals surface area contributed by atoms with Crippen molar-refractivity contribution in [2.75, 3.05) is 7.11 Å². The number of hydrogen-bond donors (Lipinski definition) is 1. The number of pyridine rings is 1. The zero-order valence-corrected chi connectivity index (χ0v) is 9.77. The summed E-state index contributed by atoms with van der Waals surface area (Å²) in [7, 11) is 1.60. The molecule has 84 valence electrons. The van der Waals surface area contributed by atoms with Gasteiger partial charge in [-0.1, -0.05) is 20.8 Å². The SMILES string of the molecule is COc1cncc(C(O)C(C)C(C)C)c1. The summed E-state index contributed by atoms with van der Waals surface area (Å²) in [6.45, 7) is 6.23. The minimum absolute atomic E-state index is 0.207. The molecule has 1 heterocycles. The Morgan fingerprint density at radius 3 is 2.47 bits per heavy atom. The van der Waals surface area contributed by atoms with E-state index in [0.717, 1.165) is 5.56 Å². The average Bonchev–Trinajstić information content (AvgIpc) is 2.27. The first-order valence-electron chi connectivity index (χ1n) is 5.23. The third-order valence-electron chi connectivity index (χ3n) is 2.86. The van der Waals surface area contributed by atoms with Gasteiger partial charge in [-0.15, -0.1) is 0 Å². The fraction of sp³-hybridized carbons (Fsp3) is 0.583. The molecule has 0 aliphatic carbocycles. The Labute approximate surface area is 91.1 Å². The average molecular weight is 209 g/mol. The first-order chi connectivity index (χ1) is 7.06. The molecule has 0 aliphatic rings. The highest BCUT2D eigenvalue weighted by atomic mass is 16.5. The molecule has 0 aliphatic heterocycles. The lowest BCUT2D eigenvalue weighted by Crippen LogP contribution is -2.15. The molecule has 0 amide bonds. The molecule has 0 radical (unpaired) electrons. The molecule has 1 aromatic rings. The summed E-state index contributed by atoms with van der Waals surface area (Å²) in [4.78, 5) is 4.03. The molecule has 0 saturated carbocycles. The largest absolute Gasteiger partial charge is 0.495 e. The number of aliphatic hydroxyl groups is 1. The van der Waals surface area contributed by atoms with E-state index in [1.54, 1.807) is 19.5 Å². The van der Waals surface area contributed by atoms with Gasteiger partial charge in [-0.05, 0) is 17.9 Å². The van der Waals surface area contributed by atoms with E-state index in [1.807, 2.05) is 13.0 Å². The lowest BCUT2D eigenvalue weighted by Gasteiger charge is -2.22. The van der Waals surface area contributed by atoms with Crippen LogP contribution < -0.4 is 4.74 Å². The summed E-state index contributed by atoms with van der Waals surface area (Å²) < 4.78 is 5.07. The maximum atomic E-state index is 10.1. The predicted molar refractivity (Wildman–Crippen MR) is 59.8 cm³/mol. The van der Waals surface area contributed by atoms with E-state index < -0.39 is 6.10 Å².